The molecule has 0 aromatic carbocycles. The Bertz CT molecular complexity index is 184. The first-order valence-electron chi connectivity index (χ1n) is 4.61. The molecular formula is C8H19O5P. The second kappa shape index (κ2) is 6.53. The van der Waals surface area contributed by atoms with Crippen molar-refractivity contribution in [2.45, 2.75) is 32.7 Å². The van der Waals surface area contributed by atoms with Gasteiger partial charge in [0.05, 0.1) is 19.3 Å². The summed E-state index contributed by atoms with van der Waals surface area (Å²) in [5.74, 6) is -0.928. The van der Waals surface area contributed by atoms with E-state index in [1.165, 1.54) is 14.0 Å². The van der Waals surface area contributed by atoms with Crippen LogP contribution in [0.5, 0.6) is 0 Å². The maximum absolute atomic E-state index is 12.1. The third kappa shape index (κ3) is 3.67. The van der Waals surface area contributed by atoms with Gasteiger partial charge in [0, 0.05) is 7.11 Å². The van der Waals surface area contributed by atoms with Crippen LogP contribution in [0.2, 0.25) is 0 Å². The van der Waals surface area contributed by atoms with Crippen LogP contribution in [0, 0.1) is 0 Å². The average Bonchev–Trinajstić information content (AvgIpc) is 2.04. The molecule has 14 heavy (non-hydrogen) atoms. The monoisotopic (exact) mass is 226 g/mol. The third-order valence-corrected chi connectivity index (χ3v) is 4.09. The van der Waals surface area contributed by atoms with Crippen LogP contribution < -0.4 is 0 Å². The fourth-order valence-electron chi connectivity index (χ4n) is 1.13. The Hall–Kier alpha value is 0.0700. The highest BCUT2D eigenvalue weighted by molar-refractivity contribution is 7.54. The number of hydrogen-bond donors (Lipinski definition) is 1. The van der Waals surface area contributed by atoms with Crippen molar-refractivity contribution in [2.24, 2.45) is 0 Å². The van der Waals surface area contributed by atoms with Crippen molar-refractivity contribution < 1.29 is 23.5 Å². The number of aliphatic hydroxyl groups excluding tert-OH is 1. The molecule has 0 saturated heterocycles. The summed E-state index contributed by atoms with van der Waals surface area (Å²) < 4.78 is 27.0. The van der Waals surface area contributed by atoms with E-state index in [4.69, 9.17) is 13.8 Å². The van der Waals surface area contributed by atoms with Gasteiger partial charge in [0.15, 0.2) is 5.85 Å². The van der Waals surface area contributed by atoms with Crippen LogP contribution in [0.3, 0.4) is 0 Å². The first-order valence-corrected chi connectivity index (χ1v) is 6.22. The molecule has 0 heterocycles. The Morgan fingerprint density at radius 3 is 1.93 bits per heavy atom. The predicted molar refractivity (Wildman–Crippen MR) is 53.3 cm³/mol. The van der Waals surface area contributed by atoms with Crippen molar-refractivity contribution in [3.63, 3.8) is 0 Å². The fourth-order valence-corrected chi connectivity index (χ4v) is 3.01. The second-order valence-corrected chi connectivity index (χ2v) is 4.85. The average molecular weight is 226 g/mol. The summed E-state index contributed by atoms with van der Waals surface area (Å²) in [5.41, 5.74) is 0. The zero-order chi connectivity index (χ0) is 11.2. The quantitative estimate of drug-likeness (QED) is 0.668. The van der Waals surface area contributed by atoms with Crippen molar-refractivity contribution in [1.29, 1.82) is 0 Å². The molecule has 0 spiro atoms. The first-order chi connectivity index (χ1) is 6.51. The molecule has 86 valence electrons. The van der Waals surface area contributed by atoms with Crippen molar-refractivity contribution in [2.75, 3.05) is 20.3 Å². The van der Waals surface area contributed by atoms with Gasteiger partial charge in [-0.25, -0.2) is 0 Å². The van der Waals surface area contributed by atoms with Gasteiger partial charge < -0.3 is 18.9 Å². The van der Waals surface area contributed by atoms with Gasteiger partial charge in [0.1, 0.15) is 0 Å². The highest BCUT2D eigenvalue weighted by atomic mass is 31.2. The molecule has 5 nitrogen and oxygen atoms in total. The van der Waals surface area contributed by atoms with E-state index in [9.17, 15) is 9.67 Å². The van der Waals surface area contributed by atoms with Crippen molar-refractivity contribution in [3.05, 3.63) is 0 Å². The summed E-state index contributed by atoms with van der Waals surface area (Å²) in [6, 6.07) is 0. The summed E-state index contributed by atoms with van der Waals surface area (Å²) >= 11 is 0. The van der Waals surface area contributed by atoms with Gasteiger partial charge in [0.2, 0.25) is 0 Å². The smallest absolute Gasteiger partial charge is 0.361 e. The topological polar surface area (TPSA) is 65.0 Å². The zero-order valence-electron chi connectivity index (χ0n) is 9.10. The molecule has 0 aliphatic rings. The molecule has 6 heteroatoms. The lowest BCUT2D eigenvalue weighted by Gasteiger charge is -2.26. The van der Waals surface area contributed by atoms with Gasteiger partial charge in [-0.15, -0.1) is 0 Å². The standard InChI is InChI=1S/C8H19O5P/c1-5-12-14(10,13-6-2)8(11-4)7(3)9/h7-9H,5-6H2,1-4H3/t7-,8-/m0/s1. The largest absolute Gasteiger partial charge is 0.390 e. The minimum Gasteiger partial charge on any atom is -0.390 e. The predicted octanol–water partition coefficient (Wildman–Crippen LogP) is 1.61. The van der Waals surface area contributed by atoms with E-state index in [0.717, 1.165) is 0 Å². The van der Waals surface area contributed by atoms with Gasteiger partial charge in [-0.05, 0) is 20.8 Å². The summed E-state index contributed by atoms with van der Waals surface area (Å²) in [7, 11) is -1.99. The highest BCUT2D eigenvalue weighted by Crippen LogP contribution is 2.54. The third-order valence-electron chi connectivity index (χ3n) is 1.58. The van der Waals surface area contributed by atoms with Crippen molar-refractivity contribution in [3.8, 4) is 0 Å². The Labute approximate surface area is 84.9 Å². The summed E-state index contributed by atoms with van der Waals surface area (Å²) in [4.78, 5) is 0. The van der Waals surface area contributed by atoms with E-state index in [-0.39, 0.29) is 13.2 Å². The highest BCUT2D eigenvalue weighted by Gasteiger charge is 2.39. The van der Waals surface area contributed by atoms with Crippen molar-refractivity contribution >= 4 is 7.60 Å². The van der Waals surface area contributed by atoms with Gasteiger partial charge in [-0.1, -0.05) is 0 Å². The molecule has 0 fully saturated rings. The molecule has 0 aromatic heterocycles. The lowest BCUT2D eigenvalue weighted by atomic mass is 10.4. The van der Waals surface area contributed by atoms with E-state index in [1.807, 2.05) is 0 Å². The molecule has 0 aromatic rings. The van der Waals surface area contributed by atoms with Crippen LogP contribution >= 0.6 is 7.60 Å². The van der Waals surface area contributed by atoms with Crippen LogP contribution in [0.15, 0.2) is 0 Å². The maximum Gasteiger partial charge on any atom is 0.361 e. The normalized spacial score (nSPS) is 16.6. The fraction of sp³-hybridized carbons (Fsp3) is 1.00. The van der Waals surface area contributed by atoms with Crippen LogP contribution in [-0.4, -0.2) is 37.4 Å². The first kappa shape index (κ1) is 14.1. The second-order valence-electron chi connectivity index (χ2n) is 2.74. The van der Waals surface area contributed by atoms with Crippen LogP contribution in [-0.2, 0) is 18.3 Å². The number of ether oxygens (including phenoxy) is 1. The summed E-state index contributed by atoms with van der Waals surface area (Å²) in [5, 5.41) is 9.34. The van der Waals surface area contributed by atoms with E-state index in [2.05, 4.69) is 0 Å². The molecule has 0 amide bonds. The lowest BCUT2D eigenvalue weighted by molar-refractivity contribution is 0.0223. The molecule has 0 aliphatic heterocycles. The van der Waals surface area contributed by atoms with Crippen molar-refractivity contribution in [1.82, 2.24) is 0 Å². The molecule has 0 saturated carbocycles. The van der Waals surface area contributed by atoms with Gasteiger partial charge >= 0.3 is 7.60 Å². The molecule has 0 aliphatic carbocycles. The van der Waals surface area contributed by atoms with Gasteiger partial charge in [-0.2, -0.15) is 0 Å². The molecule has 0 bridgehead atoms. The van der Waals surface area contributed by atoms with Crippen LogP contribution in [0.25, 0.3) is 0 Å². The van der Waals surface area contributed by atoms with E-state index >= 15 is 0 Å². The van der Waals surface area contributed by atoms with Gasteiger partial charge in [0.25, 0.3) is 0 Å². The minimum atomic E-state index is -3.36. The number of aliphatic hydroxyl groups is 1. The molecule has 0 radical (unpaired) electrons. The number of rotatable bonds is 7. The Morgan fingerprint density at radius 2 is 1.71 bits per heavy atom. The Morgan fingerprint density at radius 1 is 1.29 bits per heavy atom. The Balaban J connectivity index is 4.67. The molecule has 1 N–H and O–H groups in total. The number of hydrogen-bond acceptors (Lipinski definition) is 5. The van der Waals surface area contributed by atoms with E-state index in [0.29, 0.717) is 0 Å². The molecule has 0 rings (SSSR count). The van der Waals surface area contributed by atoms with Gasteiger partial charge in [-0.3, -0.25) is 4.57 Å². The summed E-state index contributed by atoms with van der Waals surface area (Å²) in [6.45, 7) is 5.41. The minimum absolute atomic E-state index is 0.254. The van der Waals surface area contributed by atoms with E-state index < -0.39 is 19.5 Å². The SMILES string of the molecule is CCOP(=O)(OCC)[C@H](OC)[C@H](C)O. The Kier molecular flexibility index (Phi) is 6.57. The lowest BCUT2D eigenvalue weighted by Crippen LogP contribution is -2.27. The maximum atomic E-state index is 12.1. The van der Waals surface area contributed by atoms with Crippen LogP contribution in [0.1, 0.15) is 20.8 Å². The molecular weight excluding hydrogens is 207 g/mol. The van der Waals surface area contributed by atoms with Crippen LogP contribution in [0.4, 0.5) is 0 Å². The summed E-state index contributed by atoms with van der Waals surface area (Å²) in [6.07, 6.45) is -0.899. The molecule has 0 unspecified atom stereocenters. The number of methoxy groups -OCH3 is 1. The van der Waals surface area contributed by atoms with E-state index in [1.54, 1.807) is 13.8 Å². The molecule has 2 atom stereocenters. The zero-order valence-corrected chi connectivity index (χ0v) is 9.99.